The number of alkyl halides is 3. The minimum Gasteiger partial charge on any atom is -0.480 e. The van der Waals surface area contributed by atoms with Gasteiger partial charge in [-0.2, -0.15) is 23.1 Å². The summed E-state index contributed by atoms with van der Waals surface area (Å²) in [5.41, 5.74) is 2.26. The molecule has 0 radical (unpaired) electrons. The van der Waals surface area contributed by atoms with Crippen molar-refractivity contribution < 1.29 is 27.8 Å². The number of pyridine rings is 2. The van der Waals surface area contributed by atoms with Crippen molar-refractivity contribution in [1.29, 1.82) is 0 Å². The van der Waals surface area contributed by atoms with Crippen molar-refractivity contribution in [3.63, 3.8) is 0 Å². The maximum Gasteiger partial charge on any atom is 0.392 e. The number of halogens is 3. The Labute approximate surface area is 195 Å². The van der Waals surface area contributed by atoms with Gasteiger partial charge < -0.3 is 24.8 Å². The van der Waals surface area contributed by atoms with E-state index in [1.54, 1.807) is 60.4 Å². The van der Waals surface area contributed by atoms with Crippen LogP contribution in [-0.4, -0.2) is 71.1 Å². The molecule has 0 saturated heterocycles. The number of likely N-dealkylation sites (N-methyl/N-ethyl adjacent to an activating group) is 2. The highest BCUT2D eigenvalue weighted by molar-refractivity contribution is 5.78. The fraction of sp³-hybridized carbons (Fsp3) is 0.391. The average Bonchev–Trinajstić information content (AvgIpc) is 2.91. The molecule has 2 N–H and O–H groups in total. The van der Waals surface area contributed by atoms with E-state index in [0.717, 1.165) is 11.1 Å². The second-order valence-electron chi connectivity index (χ2n) is 8.32. The highest BCUT2D eigenvalue weighted by atomic mass is 19.4. The summed E-state index contributed by atoms with van der Waals surface area (Å²) in [4.78, 5) is 12.3. The van der Waals surface area contributed by atoms with E-state index in [1.165, 1.54) is 7.11 Å². The fourth-order valence-electron chi connectivity index (χ4n) is 3.86. The average molecular weight is 477 g/mol. The summed E-state index contributed by atoms with van der Waals surface area (Å²) in [5, 5.41) is 12.9. The smallest absolute Gasteiger partial charge is 0.392 e. The van der Waals surface area contributed by atoms with Gasteiger partial charge in [-0.05, 0) is 37.4 Å². The molecule has 2 unspecified atom stereocenters. The number of nitrogens with one attached hydrogen (secondary N) is 1. The molecule has 0 bridgehead atoms. The number of methoxy groups -OCH3 is 1. The molecular weight excluding hydrogens is 451 g/mol. The van der Waals surface area contributed by atoms with Crippen molar-refractivity contribution in [2.45, 2.75) is 31.5 Å². The van der Waals surface area contributed by atoms with E-state index in [2.05, 4.69) is 15.3 Å². The molecule has 2 aromatic rings. The SMILES string of the molecule is COc1nc(Nc2ccc3c(n2)OC(CC(F)(F)F)CN(C)C3)ccc1C1=CN(C)C(O)C=C1. The van der Waals surface area contributed by atoms with Crippen LogP contribution >= 0.6 is 0 Å². The summed E-state index contributed by atoms with van der Waals surface area (Å²) in [7, 11) is 5.02. The predicted octanol–water partition coefficient (Wildman–Crippen LogP) is 3.53. The van der Waals surface area contributed by atoms with Gasteiger partial charge in [-0.1, -0.05) is 6.08 Å². The minimum absolute atomic E-state index is 0.148. The van der Waals surface area contributed by atoms with Crippen LogP contribution in [0.5, 0.6) is 11.8 Å². The Morgan fingerprint density at radius 1 is 1.18 bits per heavy atom. The molecule has 0 aliphatic carbocycles. The van der Waals surface area contributed by atoms with Gasteiger partial charge >= 0.3 is 6.18 Å². The van der Waals surface area contributed by atoms with Crippen LogP contribution in [0, 0.1) is 0 Å². The molecule has 0 amide bonds. The number of hydrogen-bond donors (Lipinski definition) is 2. The molecule has 0 spiro atoms. The topological polar surface area (TPSA) is 83.0 Å². The Balaban J connectivity index is 1.56. The first-order valence-electron chi connectivity index (χ1n) is 10.7. The van der Waals surface area contributed by atoms with Crippen LogP contribution < -0.4 is 14.8 Å². The summed E-state index contributed by atoms with van der Waals surface area (Å²) in [5.74, 6) is 1.37. The monoisotopic (exact) mass is 477 g/mol. The van der Waals surface area contributed by atoms with Crippen LogP contribution in [0.15, 0.2) is 42.6 Å². The normalized spacial score (nSPS) is 20.8. The van der Waals surface area contributed by atoms with Crippen LogP contribution in [-0.2, 0) is 6.54 Å². The van der Waals surface area contributed by atoms with E-state index in [1.807, 2.05) is 6.07 Å². The van der Waals surface area contributed by atoms with Crippen LogP contribution in [0.3, 0.4) is 0 Å². The van der Waals surface area contributed by atoms with Crippen molar-refractivity contribution in [2.75, 3.05) is 33.1 Å². The van der Waals surface area contributed by atoms with Gasteiger partial charge in [0.05, 0.1) is 13.5 Å². The number of fused-ring (bicyclic) bond motifs is 1. The zero-order valence-corrected chi connectivity index (χ0v) is 19.0. The molecule has 4 heterocycles. The Kier molecular flexibility index (Phi) is 6.67. The maximum atomic E-state index is 12.9. The van der Waals surface area contributed by atoms with Crippen LogP contribution in [0.2, 0.25) is 0 Å². The summed E-state index contributed by atoms with van der Waals surface area (Å²) < 4.78 is 49.9. The first-order chi connectivity index (χ1) is 16.1. The molecule has 34 heavy (non-hydrogen) atoms. The van der Waals surface area contributed by atoms with E-state index < -0.39 is 24.9 Å². The van der Waals surface area contributed by atoms with E-state index in [0.29, 0.717) is 29.6 Å². The van der Waals surface area contributed by atoms with E-state index in [4.69, 9.17) is 9.47 Å². The Morgan fingerprint density at radius 3 is 2.62 bits per heavy atom. The molecule has 182 valence electrons. The van der Waals surface area contributed by atoms with Gasteiger partial charge in [0, 0.05) is 43.0 Å². The standard InChI is InChI=1S/C23H26F3N5O3/c1-30-11-15-4-7-18(28-21(15)34-16(13-30)10-23(24,25)26)27-19-8-6-17(22(29-19)33-3)14-5-9-20(32)31(2)12-14/h4-9,12,16,20,32H,10-11,13H2,1-3H3,(H,27,28,29). The third kappa shape index (κ3) is 5.60. The minimum atomic E-state index is -4.33. The second-order valence-corrected chi connectivity index (χ2v) is 8.32. The molecular formula is C23H26F3N5O3. The summed E-state index contributed by atoms with van der Waals surface area (Å²) in [6, 6.07) is 7.07. The number of aliphatic hydroxyl groups is 1. The van der Waals surface area contributed by atoms with Gasteiger partial charge in [0.25, 0.3) is 0 Å². The Hall–Kier alpha value is -3.31. The van der Waals surface area contributed by atoms with E-state index >= 15 is 0 Å². The first-order valence-corrected chi connectivity index (χ1v) is 10.7. The largest absolute Gasteiger partial charge is 0.480 e. The number of hydrogen-bond acceptors (Lipinski definition) is 8. The number of nitrogens with zero attached hydrogens (tertiary/aromatic N) is 4. The molecule has 0 fully saturated rings. The number of ether oxygens (including phenoxy) is 2. The lowest BCUT2D eigenvalue weighted by molar-refractivity contribution is -0.151. The molecule has 2 aliphatic heterocycles. The van der Waals surface area contributed by atoms with Crippen molar-refractivity contribution in [3.05, 3.63) is 53.7 Å². The summed E-state index contributed by atoms with van der Waals surface area (Å²) in [6.07, 6.45) is -1.88. The Bertz CT molecular complexity index is 1110. The van der Waals surface area contributed by atoms with Gasteiger partial charge in [0.15, 0.2) is 0 Å². The highest BCUT2D eigenvalue weighted by Crippen LogP contribution is 2.32. The van der Waals surface area contributed by atoms with Crippen molar-refractivity contribution in [3.8, 4) is 11.8 Å². The quantitative estimate of drug-likeness (QED) is 0.677. The molecule has 11 heteroatoms. The molecule has 0 saturated carbocycles. The third-order valence-electron chi connectivity index (χ3n) is 5.46. The van der Waals surface area contributed by atoms with E-state index in [9.17, 15) is 18.3 Å². The van der Waals surface area contributed by atoms with Crippen molar-refractivity contribution in [2.24, 2.45) is 0 Å². The van der Waals surface area contributed by atoms with E-state index in [-0.39, 0.29) is 12.4 Å². The second kappa shape index (κ2) is 9.51. The van der Waals surface area contributed by atoms with Crippen LogP contribution in [0.1, 0.15) is 17.5 Å². The molecule has 0 aromatic carbocycles. The molecule has 8 nitrogen and oxygen atoms in total. The van der Waals surface area contributed by atoms with Gasteiger partial charge in [0.2, 0.25) is 11.8 Å². The molecule has 2 atom stereocenters. The number of allylic oxidation sites excluding steroid dienone is 2. The zero-order chi connectivity index (χ0) is 24.5. The third-order valence-corrected chi connectivity index (χ3v) is 5.46. The lowest BCUT2D eigenvalue weighted by atomic mass is 10.1. The number of aliphatic hydroxyl groups excluding tert-OH is 1. The maximum absolute atomic E-state index is 12.9. The van der Waals surface area contributed by atoms with Gasteiger partial charge in [-0.25, -0.2) is 0 Å². The lowest BCUT2D eigenvalue weighted by Gasteiger charge is -2.24. The fourth-order valence-corrected chi connectivity index (χ4v) is 3.86. The van der Waals surface area contributed by atoms with Gasteiger partial charge in [-0.15, -0.1) is 0 Å². The number of aromatic nitrogens is 2. The van der Waals surface area contributed by atoms with Crippen molar-refractivity contribution in [1.82, 2.24) is 19.8 Å². The van der Waals surface area contributed by atoms with Crippen LogP contribution in [0.4, 0.5) is 24.8 Å². The summed E-state index contributed by atoms with van der Waals surface area (Å²) in [6.45, 7) is 0.582. The first kappa shape index (κ1) is 23.8. The van der Waals surface area contributed by atoms with Crippen LogP contribution in [0.25, 0.3) is 5.57 Å². The van der Waals surface area contributed by atoms with Crippen molar-refractivity contribution >= 4 is 17.2 Å². The lowest BCUT2D eigenvalue weighted by Crippen LogP contribution is -2.34. The molecule has 2 aromatic heterocycles. The molecule has 4 rings (SSSR count). The van der Waals surface area contributed by atoms with Gasteiger partial charge in [0.1, 0.15) is 24.0 Å². The highest BCUT2D eigenvalue weighted by Gasteiger charge is 2.35. The molecule has 2 aliphatic rings. The number of rotatable bonds is 5. The predicted molar refractivity (Wildman–Crippen MR) is 121 cm³/mol. The Morgan fingerprint density at radius 2 is 1.91 bits per heavy atom. The van der Waals surface area contributed by atoms with Gasteiger partial charge in [-0.3, -0.25) is 4.90 Å². The number of anilines is 2. The summed E-state index contributed by atoms with van der Waals surface area (Å²) >= 11 is 0. The zero-order valence-electron chi connectivity index (χ0n) is 19.0.